The van der Waals surface area contributed by atoms with Crippen LogP contribution in [0, 0.1) is 11.3 Å². The molecular formula is C16H31P. The monoisotopic (exact) mass is 254 g/mol. The van der Waals surface area contributed by atoms with Crippen LogP contribution in [0.4, 0.5) is 0 Å². The second-order valence-corrected chi connectivity index (χ2v) is 10.4. The molecule has 0 amide bonds. The molecule has 0 radical (unpaired) electrons. The first kappa shape index (κ1) is 13.9. The number of hydrogen-bond acceptors (Lipinski definition) is 0. The molecule has 2 bridgehead atoms. The molecule has 17 heavy (non-hydrogen) atoms. The third kappa shape index (κ3) is 3.69. The van der Waals surface area contributed by atoms with Crippen molar-refractivity contribution in [3.05, 3.63) is 0 Å². The van der Waals surface area contributed by atoms with E-state index in [1.807, 2.05) is 0 Å². The van der Waals surface area contributed by atoms with Crippen LogP contribution in [-0.4, -0.2) is 17.5 Å². The topological polar surface area (TPSA) is 0 Å². The Morgan fingerprint density at radius 2 is 1.47 bits per heavy atom. The molecule has 0 atom stereocenters. The van der Waals surface area contributed by atoms with Gasteiger partial charge in [-0.05, 0) is 60.9 Å². The van der Waals surface area contributed by atoms with Gasteiger partial charge in [0.05, 0.1) is 0 Å². The summed E-state index contributed by atoms with van der Waals surface area (Å²) in [7, 11) is 0.372. The molecule has 0 aromatic carbocycles. The molecule has 2 aliphatic heterocycles. The Labute approximate surface area is 110 Å². The summed E-state index contributed by atoms with van der Waals surface area (Å²) in [6.07, 6.45) is 12.3. The maximum Gasteiger partial charge on any atom is -0.0207 e. The van der Waals surface area contributed by atoms with Gasteiger partial charge >= 0.3 is 0 Å². The van der Waals surface area contributed by atoms with E-state index >= 15 is 0 Å². The minimum absolute atomic E-state index is 0.372. The minimum Gasteiger partial charge on any atom is -0.0998 e. The molecule has 0 nitrogen and oxygen atoms in total. The molecule has 0 aromatic heterocycles. The van der Waals surface area contributed by atoms with Crippen molar-refractivity contribution in [1.82, 2.24) is 0 Å². The lowest BCUT2D eigenvalue weighted by molar-refractivity contribution is 0.321. The molecular weight excluding hydrogens is 223 g/mol. The summed E-state index contributed by atoms with van der Waals surface area (Å²) >= 11 is 0. The van der Waals surface area contributed by atoms with Crippen LogP contribution in [0.25, 0.3) is 0 Å². The van der Waals surface area contributed by atoms with E-state index < -0.39 is 0 Å². The van der Waals surface area contributed by atoms with Crippen molar-refractivity contribution in [2.45, 2.75) is 84.0 Å². The predicted octanol–water partition coefficient (Wildman–Crippen LogP) is 5.65. The number of rotatable bonds is 4. The van der Waals surface area contributed by atoms with Gasteiger partial charge in [0.15, 0.2) is 0 Å². The molecule has 2 fully saturated rings. The van der Waals surface area contributed by atoms with Gasteiger partial charge in [-0.3, -0.25) is 0 Å². The Morgan fingerprint density at radius 3 is 1.88 bits per heavy atom. The van der Waals surface area contributed by atoms with Crippen molar-refractivity contribution in [1.29, 1.82) is 0 Å². The molecule has 2 saturated heterocycles. The maximum atomic E-state index is 2.53. The lowest BCUT2D eigenvalue weighted by atomic mass is 9.86. The number of fused-ring (bicyclic) bond motifs is 2. The van der Waals surface area contributed by atoms with Crippen molar-refractivity contribution in [2.24, 2.45) is 11.3 Å². The standard InChI is InChI=1S/C16H31P/c1-13(2)11-16(3,4)12-17-14-7-5-8-15(17)10-6-9-14/h13-15H,5-12H2,1-4H3. The first-order chi connectivity index (χ1) is 7.98. The predicted molar refractivity (Wildman–Crippen MR) is 80.3 cm³/mol. The largest absolute Gasteiger partial charge is 0.0998 e. The van der Waals surface area contributed by atoms with Crippen molar-refractivity contribution < 1.29 is 0 Å². The lowest BCUT2D eigenvalue weighted by Gasteiger charge is -2.46. The molecule has 100 valence electrons. The minimum atomic E-state index is 0.372. The van der Waals surface area contributed by atoms with Crippen molar-refractivity contribution >= 4 is 7.92 Å². The van der Waals surface area contributed by atoms with Crippen molar-refractivity contribution in [3.63, 3.8) is 0 Å². The average molecular weight is 254 g/mol. The van der Waals surface area contributed by atoms with E-state index in [-0.39, 0.29) is 0 Å². The van der Waals surface area contributed by atoms with Gasteiger partial charge in [0.25, 0.3) is 0 Å². The van der Waals surface area contributed by atoms with Crippen LogP contribution in [-0.2, 0) is 0 Å². The normalized spacial score (nSPS) is 34.1. The van der Waals surface area contributed by atoms with Gasteiger partial charge in [-0.1, -0.05) is 48.5 Å². The molecule has 1 heteroatoms. The van der Waals surface area contributed by atoms with Crippen LogP contribution in [0.1, 0.15) is 72.6 Å². The van der Waals surface area contributed by atoms with Crippen molar-refractivity contribution in [2.75, 3.05) is 6.16 Å². The molecule has 0 aromatic rings. The fourth-order valence-electron chi connectivity index (χ4n) is 4.35. The van der Waals surface area contributed by atoms with E-state index in [9.17, 15) is 0 Å². The molecule has 2 aliphatic rings. The Kier molecular flexibility index (Phi) is 4.56. The van der Waals surface area contributed by atoms with Crippen LogP contribution in [0.15, 0.2) is 0 Å². The molecule has 0 saturated carbocycles. The molecule has 0 spiro atoms. The third-order valence-electron chi connectivity index (χ3n) is 4.66. The first-order valence-corrected chi connectivity index (χ1v) is 9.40. The van der Waals surface area contributed by atoms with Crippen LogP contribution in [0.5, 0.6) is 0 Å². The maximum absolute atomic E-state index is 2.53. The zero-order valence-corrected chi connectivity index (χ0v) is 13.2. The summed E-state index contributed by atoms with van der Waals surface area (Å²) < 4.78 is 0. The van der Waals surface area contributed by atoms with Gasteiger partial charge in [0.2, 0.25) is 0 Å². The molecule has 0 aliphatic carbocycles. The third-order valence-corrected chi connectivity index (χ3v) is 8.79. The molecule has 0 unspecified atom stereocenters. The highest BCUT2D eigenvalue weighted by molar-refractivity contribution is 7.59. The van der Waals surface area contributed by atoms with Crippen LogP contribution < -0.4 is 0 Å². The van der Waals surface area contributed by atoms with Crippen LogP contribution in [0.3, 0.4) is 0 Å². The SMILES string of the molecule is CC(C)CC(C)(C)CP1C2CCCC1CCC2. The van der Waals surface area contributed by atoms with Gasteiger partial charge < -0.3 is 0 Å². The van der Waals surface area contributed by atoms with Gasteiger partial charge in [-0.2, -0.15) is 0 Å². The highest BCUT2D eigenvalue weighted by Crippen LogP contribution is 2.61. The van der Waals surface area contributed by atoms with E-state index in [2.05, 4.69) is 27.7 Å². The van der Waals surface area contributed by atoms with E-state index in [0.29, 0.717) is 13.3 Å². The highest BCUT2D eigenvalue weighted by Gasteiger charge is 2.38. The van der Waals surface area contributed by atoms with E-state index in [1.165, 1.54) is 6.42 Å². The van der Waals surface area contributed by atoms with Gasteiger partial charge in [0.1, 0.15) is 0 Å². The first-order valence-electron chi connectivity index (χ1n) is 7.74. The van der Waals surface area contributed by atoms with Crippen LogP contribution >= 0.6 is 7.92 Å². The quantitative estimate of drug-likeness (QED) is 0.569. The van der Waals surface area contributed by atoms with Gasteiger partial charge in [-0.25, -0.2) is 0 Å². The zero-order chi connectivity index (χ0) is 12.5. The summed E-state index contributed by atoms with van der Waals surface area (Å²) in [6.45, 7) is 9.83. The fraction of sp³-hybridized carbons (Fsp3) is 1.00. The summed E-state index contributed by atoms with van der Waals surface area (Å²) in [5.74, 6) is 0.865. The van der Waals surface area contributed by atoms with Crippen molar-refractivity contribution in [3.8, 4) is 0 Å². The van der Waals surface area contributed by atoms with E-state index in [1.54, 1.807) is 44.7 Å². The summed E-state index contributed by atoms with van der Waals surface area (Å²) in [4.78, 5) is 0. The zero-order valence-electron chi connectivity index (χ0n) is 12.3. The Balaban J connectivity index is 1.97. The molecule has 2 heterocycles. The second kappa shape index (κ2) is 5.60. The Bertz CT molecular complexity index is 222. The van der Waals surface area contributed by atoms with Gasteiger partial charge in [-0.15, -0.1) is 0 Å². The van der Waals surface area contributed by atoms with Crippen LogP contribution in [0.2, 0.25) is 0 Å². The lowest BCUT2D eigenvalue weighted by Crippen LogP contribution is -2.31. The molecule has 0 N–H and O–H groups in total. The molecule has 2 rings (SSSR count). The summed E-state index contributed by atoms with van der Waals surface area (Å²) in [5.41, 5.74) is 2.92. The average Bonchev–Trinajstić information content (AvgIpc) is 2.13. The van der Waals surface area contributed by atoms with E-state index in [0.717, 1.165) is 17.2 Å². The van der Waals surface area contributed by atoms with E-state index in [4.69, 9.17) is 0 Å². The summed E-state index contributed by atoms with van der Waals surface area (Å²) in [6, 6.07) is 0. The Morgan fingerprint density at radius 1 is 1.00 bits per heavy atom. The number of hydrogen-bond donors (Lipinski definition) is 0. The summed E-state index contributed by atoms with van der Waals surface area (Å²) in [5, 5.41) is 0. The fourth-order valence-corrected chi connectivity index (χ4v) is 8.64. The van der Waals surface area contributed by atoms with Gasteiger partial charge in [0, 0.05) is 0 Å². The Hall–Kier alpha value is 0.430. The second-order valence-electron chi connectivity index (χ2n) is 7.60. The highest BCUT2D eigenvalue weighted by atomic mass is 31.1. The smallest absolute Gasteiger partial charge is 0.0207 e.